The molecule has 1 atom stereocenters. The molecule has 1 amide bonds. The van der Waals surface area contributed by atoms with Crippen LogP contribution in [0, 0.1) is 5.82 Å². The summed E-state index contributed by atoms with van der Waals surface area (Å²) in [5.74, 6) is -0.851. The summed E-state index contributed by atoms with van der Waals surface area (Å²) in [6.45, 7) is 2.43. The van der Waals surface area contributed by atoms with Crippen molar-refractivity contribution < 1.29 is 18.7 Å². The molecule has 2 heterocycles. The van der Waals surface area contributed by atoms with E-state index in [1.165, 1.54) is 12.1 Å². The first kappa shape index (κ1) is 15.4. The van der Waals surface area contributed by atoms with Crippen LogP contribution in [-0.4, -0.2) is 48.9 Å². The van der Waals surface area contributed by atoms with Crippen molar-refractivity contribution >= 4 is 5.91 Å². The number of amides is 1. The van der Waals surface area contributed by atoms with Gasteiger partial charge < -0.3 is 20.1 Å². The lowest BCUT2D eigenvalue weighted by molar-refractivity contribution is -0.187. The molecule has 120 valence electrons. The van der Waals surface area contributed by atoms with Crippen molar-refractivity contribution in [2.75, 3.05) is 26.3 Å². The second kappa shape index (κ2) is 6.32. The lowest BCUT2D eigenvalue weighted by Gasteiger charge is -2.38. The van der Waals surface area contributed by atoms with Crippen LogP contribution in [0.4, 0.5) is 4.39 Å². The highest BCUT2D eigenvalue weighted by Crippen LogP contribution is 2.31. The average Bonchev–Trinajstić information content (AvgIpc) is 2.98. The van der Waals surface area contributed by atoms with Crippen molar-refractivity contribution in [3.05, 3.63) is 35.6 Å². The van der Waals surface area contributed by atoms with Crippen LogP contribution in [-0.2, 0) is 20.7 Å². The van der Waals surface area contributed by atoms with Crippen molar-refractivity contribution in [1.29, 1.82) is 0 Å². The fourth-order valence-electron chi connectivity index (χ4n) is 3.05. The van der Waals surface area contributed by atoms with Crippen molar-refractivity contribution in [2.24, 2.45) is 5.73 Å². The maximum absolute atomic E-state index is 12.9. The normalized spacial score (nSPS) is 22.0. The topological polar surface area (TPSA) is 64.8 Å². The molecule has 1 aromatic rings. The van der Waals surface area contributed by atoms with Gasteiger partial charge in [-0.3, -0.25) is 4.79 Å². The van der Waals surface area contributed by atoms with Crippen molar-refractivity contribution in [2.45, 2.75) is 31.1 Å². The molecular weight excluding hydrogens is 287 g/mol. The van der Waals surface area contributed by atoms with Crippen molar-refractivity contribution in [1.82, 2.24) is 4.90 Å². The molecule has 2 N–H and O–H groups in total. The van der Waals surface area contributed by atoms with E-state index in [2.05, 4.69) is 0 Å². The van der Waals surface area contributed by atoms with E-state index in [0.717, 1.165) is 5.56 Å². The molecular formula is C16H21FN2O3. The lowest BCUT2D eigenvalue weighted by Crippen LogP contribution is -2.52. The van der Waals surface area contributed by atoms with E-state index in [9.17, 15) is 9.18 Å². The summed E-state index contributed by atoms with van der Waals surface area (Å²) in [4.78, 5) is 14.2. The Morgan fingerprint density at radius 3 is 2.41 bits per heavy atom. The second-order valence-electron chi connectivity index (χ2n) is 5.87. The zero-order valence-electron chi connectivity index (χ0n) is 12.5. The molecule has 0 radical (unpaired) electrons. The summed E-state index contributed by atoms with van der Waals surface area (Å²) in [6, 6.07) is 5.48. The molecule has 2 aliphatic heterocycles. The fraction of sp³-hybridized carbons (Fsp3) is 0.562. The smallest absolute Gasteiger partial charge is 0.239 e. The summed E-state index contributed by atoms with van der Waals surface area (Å²) < 4.78 is 24.2. The number of rotatable bonds is 3. The Bertz CT molecular complexity index is 519. The van der Waals surface area contributed by atoms with E-state index < -0.39 is 11.8 Å². The van der Waals surface area contributed by atoms with Crippen LogP contribution in [0.5, 0.6) is 0 Å². The van der Waals surface area contributed by atoms with E-state index >= 15 is 0 Å². The number of nitrogens with zero attached hydrogens (tertiary/aromatic N) is 1. The molecule has 22 heavy (non-hydrogen) atoms. The first-order valence-corrected chi connectivity index (χ1v) is 7.65. The predicted molar refractivity (Wildman–Crippen MR) is 78.5 cm³/mol. The second-order valence-corrected chi connectivity index (χ2v) is 5.87. The molecule has 2 aliphatic rings. The van der Waals surface area contributed by atoms with E-state index in [1.807, 2.05) is 0 Å². The van der Waals surface area contributed by atoms with Gasteiger partial charge in [0.15, 0.2) is 5.79 Å². The number of ether oxygens (including phenoxy) is 2. The zero-order chi connectivity index (χ0) is 15.6. The third-order valence-electron chi connectivity index (χ3n) is 4.34. The molecule has 6 heteroatoms. The van der Waals surface area contributed by atoms with Crippen LogP contribution in [0.25, 0.3) is 0 Å². The Balaban J connectivity index is 1.54. The summed E-state index contributed by atoms with van der Waals surface area (Å²) >= 11 is 0. The van der Waals surface area contributed by atoms with E-state index in [0.29, 0.717) is 45.6 Å². The molecule has 1 spiro atoms. The highest BCUT2D eigenvalue weighted by Gasteiger charge is 2.41. The summed E-state index contributed by atoms with van der Waals surface area (Å²) in [5.41, 5.74) is 6.88. The highest BCUT2D eigenvalue weighted by atomic mass is 19.1. The van der Waals surface area contributed by atoms with Gasteiger partial charge in [-0.15, -0.1) is 0 Å². The Hall–Kier alpha value is -1.50. The van der Waals surface area contributed by atoms with Crippen LogP contribution in [0.15, 0.2) is 24.3 Å². The Morgan fingerprint density at radius 1 is 1.23 bits per heavy atom. The molecule has 5 nitrogen and oxygen atoms in total. The van der Waals surface area contributed by atoms with Gasteiger partial charge in [-0.05, 0) is 24.1 Å². The number of nitrogens with two attached hydrogens (primary N) is 1. The molecule has 0 saturated carbocycles. The summed E-state index contributed by atoms with van der Waals surface area (Å²) in [7, 11) is 0. The molecule has 0 bridgehead atoms. The predicted octanol–water partition coefficient (Wildman–Crippen LogP) is 1.06. The summed E-state index contributed by atoms with van der Waals surface area (Å²) in [6.07, 6.45) is 1.78. The monoisotopic (exact) mass is 308 g/mol. The van der Waals surface area contributed by atoms with Crippen molar-refractivity contribution in [3.8, 4) is 0 Å². The van der Waals surface area contributed by atoms with Gasteiger partial charge in [0, 0.05) is 25.9 Å². The number of hydrogen-bond donors (Lipinski definition) is 1. The van der Waals surface area contributed by atoms with E-state index in [1.54, 1.807) is 17.0 Å². The van der Waals surface area contributed by atoms with Gasteiger partial charge in [0.1, 0.15) is 5.82 Å². The zero-order valence-corrected chi connectivity index (χ0v) is 12.5. The third kappa shape index (κ3) is 3.29. The number of likely N-dealkylation sites (tertiary alicyclic amines) is 1. The SMILES string of the molecule is N[C@@H](Cc1ccc(F)cc1)C(=O)N1CCC2(CC1)OCCO2. The number of carbonyl (C=O) groups is 1. The van der Waals surface area contributed by atoms with Gasteiger partial charge in [-0.2, -0.15) is 0 Å². The van der Waals surface area contributed by atoms with Crippen LogP contribution < -0.4 is 5.73 Å². The third-order valence-corrected chi connectivity index (χ3v) is 4.34. The Kier molecular flexibility index (Phi) is 4.42. The van der Waals surface area contributed by atoms with Crippen molar-refractivity contribution in [3.63, 3.8) is 0 Å². The van der Waals surface area contributed by atoms with Gasteiger partial charge in [0.25, 0.3) is 0 Å². The van der Waals surface area contributed by atoms with Gasteiger partial charge in [-0.1, -0.05) is 12.1 Å². The molecule has 0 aromatic heterocycles. The largest absolute Gasteiger partial charge is 0.347 e. The van der Waals surface area contributed by atoms with Gasteiger partial charge >= 0.3 is 0 Å². The van der Waals surface area contributed by atoms with E-state index in [-0.39, 0.29) is 11.7 Å². The number of benzene rings is 1. The standard InChI is InChI=1S/C16H21FN2O3/c17-13-3-1-12(2-4-13)11-14(18)15(20)19-7-5-16(6-8-19)21-9-10-22-16/h1-4,14H,5-11,18H2/t14-/m0/s1. The Morgan fingerprint density at radius 2 is 1.82 bits per heavy atom. The summed E-state index contributed by atoms with van der Waals surface area (Å²) in [5, 5.41) is 0. The maximum Gasteiger partial charge on any atom is 0.239 e. The van der Waals surface area contributed by atoms with Gasteiger partial charge in [-0.25, -0.2) is 4.39 Å². The minimum atomic E-state index is -0.607. The maximum atomic E-state index is 12.9. The number of halogens is 1. The fourth-order valence-corrected chi connectivity index (χ4v) is 3.05. The quantitative estimate of drug-likeness (QED) is 0.907. The van der Waals surface area contributed by atoms with Gasteiger partial charge in [0.2, 0.25) is 5.91 Å². The molecule has 3 rings (SSSR count). The number of hydrogen-bond acceptors (Lipinski definition) is 4. The molecule has 0 unspecified atom stereocenters. The number of carbonyl (C=O) groups excluding carboxylic acids is 1. The first-order chi connectivity index (χ1) is 10.6. The lowest BCUT2D eigenvalue weighted by atomic mass is 10.0. The average molecular weight is 308 g/mol. The van der Waals surface area contributed by atoms with Crippen LogP contribution >= 0.6 is 0 Å². The van der Waals surface area contributed by atoms with Gasteiger partial charge in [0.05, 0.1) is 19.3 Å². The van der Waals surface area contributed by atoms with E-state index in [4.69, 9.17) is 15.2 Å². The first-order valence-electron chi connectivity index (χ1n) is 7.65. The van der Waals surface area contributed by atoms with Crippen LogP contribution in [0.3, 0.4) is 0 Å². The minimum absolute atomic E-state index is 0.0721. The number of piperidine rings is 1. The van der Waals surface area contributed by atoms with Crippen LogP contribution in [0.1, 0.15) is 18.4 Å². The minimum Gasteiger partial charge on any atom is -0.347 e. The molecule has 0 aliphatic carbocycles. The highest BCUT2D eigenvalue weighted by molar-refractivity contribution is 5.82. The Labute approximate surface area is 129 Å². The van der Waals surface area contributed by atoms with Crippen LogP contribution in [0.2, 0.25) is 0 Å². The molecule has 1 aromatic carbocycles. The molecule has 2 fully saturated rings. The molecule has 2 saturated heterocycles.